The topological polar surface area (TPSA) is 52.0 Å². The minimum Gasteiger partial charge on any atom is -0.445 e. The summed E-state index contributed by atoms with van der Waals surface area (Å²) in [5, 5.41) is 0. The molecule has 13 heavy (non-hydrogen) atoms. The molecule has 1 aromatic rings. The summed E-state index contributed by atoms with van der Waals surface area (Å²) in [6, 6.07) is 0.125. The van der Waals surface area contributed by atoms with E-state index in [1.54, 1.807) is 0 Å². The molecule has 1 heterocycles. The molecule has 2 aliphatic carbocycles. The van der Waals surface area contributed by atoms with E-state index in [9.17, 15) is 0 Å². The molecular formula is C10H14N2O. The summed E-state index contributed by atoms with van der Waals surface area (Å²) >= 11 is 0. The highest BCUT2D eigenvalue weighted by atomic mass is 16.4. The lowest BCUT2D eigenvalue weighted by Gasteiger charge is -2.14. The number of nitrogens with two attached hydrogens (primary N) is 1. The second kappa shape index (κ2) is 2.58. The zero-order chi connectivity index (χ0) is 8.84. The monoisotopic (exact) mass is 178 g/mol. The number of rotatable bonds is 1. The number of aromatic nitrogens is 1. The third-order valence-electron chi connectivity index (χ3n) is 2.94. The molecule has 0 radical (unpaired) electrons. The lowest BCUT2D eigenvalue weighted by molar-refractivity contribution is 0.427. The summed E-state index contributed by atoms with van der Waals surface area (Å²) < 4.78 is 5.71. The van der Waals surface area contributed by atoms with Gasteiger partial charge in [0.2, 0.25) is 0 Å². The van der Waals surface area contributed by atoms with E-state index in [1.807, 2.05) is 0 Å². The van der Waals surface area contributed by atoms with Gasteiger partial charge >= 0.3 is 0 Å². The summed E-state index contributed by atoms with van der Waals surface area (Å²) in [5.41, 5.74) is 6.99. The highest BCUT2D eigenvalue weighted by molar-refractivity contribution is 5.19. The third kappa shape index (κ3) is 1.18. The molecule has 0 saturated heterocycles. The normalized spacial score (nSPS) is 27.3. The third-order valence-corrected chi connectivity index (χ3v) is 2.94. The van der Waals surface area contributed by atoms with Gasteiger partial charge in [-0.25, -0.2) is 4.98 Å². The van der Waals surface area contributed by atoms with Gasteiger partial charge in [0.1, 0.15) is 5.76 Å². The van der Waals surface area contributed by atoms with Crippen LogP contribution in [0, 0.1) is 0 Å². The highest BCUT2D eigenvalue weighted by Gasteiger charge is 2.32. The highest BCUT2D eigenvalue weighted by Crippen LogP contribution is 2.41. The molecule has 1 aromatic heterocycles. The first-order valence-corrected chi connectivity index (χ1v) is 5.09. The van der Waals surface area contributed by atoms with Gasteiger partial charge in [0.05, 0.1) is 11.7 Å². The Balaban J connectivity index is 1.99. The van der Waals surface area contributed by atoms with E-state index < -0.39 is 0 Å². The minimum absolute atomic E-state index is 0.125. The second-order valence-corrected chi connectivity index (χ2v) is 4.13. The van der Waals surface area contributed by atoms with Crippen LogP contribution in [-0.2, 0) is 6.42 Å². The molecule has 0 aromatic carbocycles. The summed E-state index contributed by atoms with van der Waals surface area (Å²) in [7, 11) is 0. The van der Waals surface area contributed by atoms with Crippen molar-refractivity contribution in [3.05, 3.63) is 17.3 Å². The Hall–Kier alpha value is -0.830. The molecule has 2 N–H and O–H groups in total. The zero-order valence-electron chi connectivity index (χ0n) is 7.62. The van der Waals surface area contributed by atoms with Crippen LogP contribution in [-0.4, -0.2) is 4.98 Å². The molecule has 3 rings (SSSR count). The first-order chi connectivity index (χ1) is 6.34. The largest absolute Gasteiger partial charge is 0.445 e. The van der Waals surface area contributed by atoms with Gasteiger partial charge in [-0.15, -0.1) is 0 Å². The number of aryl methyl sites for hydroxylation is 1. The first-order valence-electron chi connectivity index (χ1n) is 5.09. The number of hydrogen-bond donors (Lipinski definition) is 1. The molecule has 2 aliphatic rings. The number of oxazole rings is 1. The Morgan fingerprint density at radius 1 is 1.31 bits per heavy atom. The molecule has 3 heteroatoms. The summed E-state index contributed by atoms with van der Waals surface area (Å²) in [6.07, 6.45) is 5.73. The minimum atomic E-state index is 0.125. The fraction of sp³-hybridized carbons (Fsp3) is 0.700. The molecular weight excluding hydrogens is 164 g/mol. The van der Waals surface area contributed by atoms with Crippen LogP contribution in [0.4, 0.5) is 0 Å². The smallest absolute Gasteiger partial charge is 0.197 e. The number of nitrogens with zero attached hydrogens (tertiary/aromatic N) is 1. The fourth-order valence-electron chi connectivity index (χ4n) is 1.98. The van der Waals surface area contributed by atoms with Crippen molar-refractivity contribution in [2.45, 2.75) is 44.1 Å². The molecule has 0 bridgehead atoms. The van der Waals surface area contributed by atoms with E-state index in [-0.39, 0.29) is 6.04 Å². The van der Waals surface area contributed by atoms with Crippen LogP contribution in [0.15, 0.2) is 4.42 Å². The molecule has 1 fully saturated rings. The van der Waals surface area contributed by atoms with Crippen LogP contribution < -0.4 is 5.73 Å². The van der Waals surface area contributed by atoms with E-state index in [4.69, 9.17) is 10.2 Å². The average molecular weight is 178 g/mol. The lowest BCUT2D eigenvalue weighted by Crippen LogP contribution is -2.16. The first kappa shape index (κ1) is 7.56. The van der Waals surface area contributed by atoms with Crippen LogP contribution >= 0.6 is 0 Å². The zero-order valence-corrected chi connectivity index (χ0v) is 7.62. The molecule has 3 nitrogen and oxygen atoms in total. The number of hydrogen-bond acceptors (Lipinski definition) is 3. The van der Waals surface area contributed by atoms with Gasteiger partial charge < -0.3 is 10.2 Å². The van der Waals surface area contributed by atoms with Crippen LogP contribution in [0.5, 0.6) is 0 Å². The van der Waals surface area contributed by atoms with Crippen molar-refractivity contribution in [1.29, 1.82) is 0 Å². The van der Waals surface area contributed by atoms with Crippen molar-refractivity contribution in [3.63, 3.8) is 0 Å². The van der Waals surface area contributed by atoms with Gasteiger partial charge in [-0.2, -0.15) is 0 Å². The molecule has 0 aliphatic heterocycles. The van der Waals surface area contributed by atoms with Crippen molar-refractivity contribution >= 4 is 0 Å². The molecule has 1 unspecified atom stereocenters. The molecule has 70 valence electrons. The van der Waals surface area contributed by atoms with Gasteiger partial charge in [-0.1, -0.05) is 0 Å². The van der Waals surface area contributed by atoms with E-state index in [1.165, 1.54) is 12.8 Å². The van der Waals surface area contributed by atoms with Crippen LogP contribution in [0.1, 0.15) is 55.0 Å². The molecule has 1 atom stereocenters. The van der Waals surface area contributed by atoms with E-state index in [2.05, 4.69) is 4.98 Å². The van der Waals surface area contributed by atoms with Gasteiger partial charge in [0.25, 0.3) is 0 Å². The van der Waals surface area contributed by atoms with E-state index >= 15 is 0 Å². The summed E-state index contributed by atoms with van der Waals surface area (Å²) in [4.78, 5) is 4.50. The Bertz CT molecular complexity index is 328. The Kier molecular flexibility index (Phi) is 1.50. The quantitative estimate of drug-likeness (QED) is 0.714. The fourth-order valence-corrected chi connectivity index (χ4v) is 1.98. The van der Waals surface area contributed by atoms with Gasteiger partial charge in [-0.3, -0.25) is 0 Å². The Morgan fingerprint density at radius 3 is 2.85 bits per heavy atom. The van der Waals surface area contributed by atoms with Gasteiger partial charge in [-0.05, 0) is 25.7 Å². The second-order valence-electron chi connectivity index (χ2n) is 4.13. The lowest BCUT2D eigenvalue weighted by atomic mass is 9.98. The van der Waals surface area contributed by atoms with Crippen LogP contribution in [0.3, 0.4) is 0 Å². The van der Waals surface area contributed by atoms with Gasteiger partial charge in [0.15, 0.2) is 5.89 Å². The maximum absolute atomic E-state index is 5.96. The van der Waals surface area contributed by atoms with Crippen LogP contribution in [0.2, 0.25) is 0 Å². The summed E-state index contributed by atoms with van der Waals surface area (Å²) in [5.74, 6) is 2.61. The van der Waals surface area contributed by atoms with Crippen molar-refractivity contribution in [3.8, 4) is 0 Å². The Morgan fingerprint density at radius 2 is 2.15 bits per heavy atom. The molecule has 0 amide bonds. The maximum Gasteiger partial charge on any atom is 0.197 e. The maximum atomic E-state index is 5.96. The average Bonchev–Trinajstić information content (AvgIpc) is 2.87. The van der Waals surface area contributed by atoms with Gasteiger partial charge in [0, 0.05) is 12.3 Å². The molecule has 1 saturated carbocycles. The van der Waals surface area contributed by atoms with Crippen molar-refractivity contribution in [2.75, 3.05) is 0 Å². The van der Waals surface area contributed by atoms with Crippen molar-refractivity contribution in [2.24, 2.45) is 5.73 Å². The van der Waals surface area contributed by atoms with E-state index in [0.29, 0.717) is 5.92 Å². The van der Waals surface area contributed by atoms with Crippen molar-refractivity contribution in [1.82, 2.24) is 4.98 Å². The Labute approximate surface area is 77.3 Å². The number of fused-ring (bicyclic) bond motifs is 1. The SMILES string of the molecule is NC1CCCc2oc(C3CC3)nc21. The van der Waals surface area contributed by atoms with Crippen LogP contribution in [0.25, 0.3) is 0 Å². The standard InChI is InChI=1S/C10H14N2O/c11-7-2-1-3-8-9(7)12-10(13-8)6-4-5-6/h6-7H,1-5,11H2. The predicted molar refractivity (Wildman–Crippen MR) is 48.3 cm³/mol. The van der Waals surface area contributed by atoms with E-state index in [0.717, 1.165) is 36.6 Å². The van der Waals surface area contributed by atoms with Crippen molar-refractivity contribution < 1.29 is 4.42 Å². The predicted octanol–water partition coefficient (Wildman–Crippen LogP) is 1.89. The summed E-state index contributed by atoms with van der Waals surface area (Å²) in [6.45, 7) is 0. The molecule has 0 spiro atoms.